The van der Waals surface area contributed by atoms with Crippen molar-refractivity contribution < 1.29 is 14.6 Å². The third-order valence-electron chi connectivity index (χ3n) is 2.97. The zero-order valence-electron chi connectivity index (χ0n) is 10.0. The van der Waals surface area contributed by atoms with Crippen LogP contribution in [0.5, 0.6) is 5.75 Å². The second kappa shape index (κ2) is 6.20. The number of carbonyl (C=O) groups is 1. The maximum Gasteiger partial charge on any atom is 0.226 e. The zero-order chi connectivity index (χ0) is 13.0. The van der Waals surface area contributed by atoms with E-state index < -0.39 is 0 Å². The molecule has 1 aromatic rings. The van der Waals surface area contributed by atoms with E-state index in [0.717, 1.165) is 10.2 Å². The van der Waals surface area contributed by atoms with Crippen LogP contribution in [0.25, 0.3) is 0 Å². The Hall–Kier alpha value is -1.07. The third kappa shape index (κ3) is 3.46. The second-order valence-corrected chi connectivity index (χ2v) is 5.32. The highest BCUT2D eigenvalue weighted by molar-refractivity contribution is 9.10. The molecule has 0 aromatic heterocycles. The van der Waals surface area contributed by atoms with Gasteiger partial charge in [0, 0.05) is 30.1 Å². The number of hydrogen-bond acceptors (Lipinski definition) is 3. The lowest BCUT2D eigenvalue weighted by molar-refractivity contribution is -0.138. The normalized spacial score (nSPS) is 15.3. The second-order valence-electron chi connectivity index (χ2n) is 4.40. The Morgan fingerprint density at radius 3 is 2.67 bits per heavy atom. The molecule has 0 spiro atoms. The van der Waals surface area contributed by atoms with E-state index in [1.165, 1.54) is 0 Å². The molecule has 4 nitrogen and oxygen atoms in total. The molecule has 98 valence electrons. The molecule has 0 unspecified atom stereocenters. The van der Waals surface area contributed by atoms with E-state index in [-0.39, 0.29) is 18.4 Å². The minimum Gasteiger partial charge on any atom is -0.493 e. The molecule has 0 atom stereocenters. The lowest BCUT2D eigenvalue weighted by atomic mass is 10.0. The van der Waals surface area contributed by atoms with Gasteiger partial charge < -0.3 is 14.7 Å². The monoisotopic (exact) mass is 313 g/mol. The summed E-state index contributed by atoms with van der Waals surface area (Å²) in [6.07, 6.45) is 0.383. The highest BCUT2D eigenvalue weighted by atomic mass is 79.9. The number of nitrogens with zero attached hydrogens (tertiary/aromatic N) is 1. The number of aliphatic hydroxyl groups is 1. The van der Waals surface area contributed by atoms with Crippen LogP contribution >= 0.6 is 15.9 Å². The fourth-order valence-electron chi connectivity index (χ4n) is 1.83. The van der Waals surface area contributed by atoms with Gasteiger partial charge in [0.1, 0.15) is 5.75 Å². The molecule has 2 rings (SSSR count). The number of rotatable bonds is 5. The minimum absolute atomic E-state index is 0.0943. The van der Waals surface area contributed by atoms with Crippen LogP contribution in [0.4, 0.5) is 0 Å². The van der Waals surface area contributed by atoms with Gasteiger partial charge in [0.25, 0.3) is 0 Å². The zero-order valence-corrected chi connectivity index (χ0v) is 11.6. The molecule has 0 radical (unpaired) electrons. The number of aliphatic hydroxyl groups excluding tert-OH is 1. The van der Waals surface area contributed by atoms with Gasteiger partial charge in [-0.3, -0.25) is 4.79 Å². The lowest BCUT2D eigenvalue weighted by Gasteiger charge is -2.38. The van der Waals surface area contributed by atoms with Gasteiger partial charge in [0.05, 0.1) is 13.0 Å². The van der Waals surface area contributed by atoms with Crippen LogP contribution in [0, 0.1) is 5.92 Å². The average molecular weight is 314 g/mol. The predicted molar refractivity (Wildman–Crippen MR) is 71.4 cm³/mol. The Labute approximate surface area is 115 Å². The van der Waals surface area contributed by atoms with Crippen molar-refractivity contribution in [2.24, 2.45) is 5.92 Å². The molecule has 1 saturated heterocycles. The van der Waals surface area contributed by atoms with Crippen LogP contribution in [-0.4, -0.2) is 42.2 Å². The van der Waals surface area contributed by atoms with E-state index in [9.17, 15) is 4.79 Å². The Bertz CT molecular complexity index is 401. The molecule has 0 saturated carbocycles. The standard InChI is InChI=1S/C13H16BrNO3/c14-11-1-3-12(4-2-11)18-6-5-13(17)15-7-10(8-15)9-16/h1-4,10,16H,5-9H2. The highest BCUT2D eigenvalue weighted by Gasteiger charge is 2.29. The van der Waals surface area contributed by atoms with E-state index >= 15 is 0 Å². The smallest absolute Gasteiger partial charge is 0.226 e. The molecule has 1 N–H and O–H groups in total. The quantitative estimate of drug-likeness (QED) is 0.899. The first-order chi connectivity index (χ1) is 8.69. The summed E-state index contributed by atoms with van der Waals surface area (Å²) in [4.78, 5) is 13.4. The van der Waals surface area contributed by atoms with Crippen LogP contribution in [0.3, 0.4) is 0 Å². The van der Waals surface area contributed by atoms with E-state index in [0.29, 0.717) is 26.1 Å². The number of halogens is 1. The molecular formula is C13H16BrNO3. The van der Waals surface area contributed by atoms with Crippen molar-refractivity contribution in [2.75, 3.05) is 26.3 Å². The summed E-state index contributed by atoms with van der Waals surface area (Å²) in [6, 6.07) is 7.52. The summed E-state index contributed by atoms with van der Waals surface area (Å²) in [6.45, 7) is 1.90. The Kier molecular flexibility index (Phi) is 4.60. The van der Waals surface area contributed by atoms with Crippen LogP contribution in [0.1, 0.15) is 6.42 Å². The summed E-state index contributed by atoms with van der Waals surface area (Å²) in [5.41, 5.74) is 0. The molecule has 5 heteroatoms. The Morgan fingerprint density at radius 1 is 1.39 bits per heavy atom. The summed E-state index contributed by atoms with van der Waals surface area (Å²) in [5, 5.41) is 8.87. The van der Waals surface area contributed by atoms with Crippen LogP contribution in [0.15, 0.2) is 28.7 Å². The Morgan fingerprint density at radius 2 is 2.06 bits per heavy atom. The number of ether oxygens (including phenoxy) is 1. The van der Waals surface area contributed by atoms with Gasteiger partial charge in [-0.2, -0.15) is 0 Å². The van der Waals surface area contributed by atoms with Gasteiger partial charge in [0.15, 0.2) is 0 Å². The summed E-state index contributed by atoms with van der Waals surface area (Å²) in [7, 11) is 0. The maximum atomic E-state index is 11.7. The van der Waals surface area contributed by atoms with Gasteiger partial charge in [0.2, 0.25) is 5.91 Å². The molecule has 1 aromatic carbocycles. The topological polar surface area (TPSA) is 49.8 Å². The minimum atomic E-state index is 0.0943. The largest absolute Gasteiger partial charge is 0.493 e. The van der Waals surface area contributed by atoms with E-state index in [1.807, 2.05) is 24.3 Å². The van der Waals surface area contributed by atoms with Crippen molar-refractivity contribution in [3.05, 3.63) is 28.7 Å². The van der Waals surface area contributed by atoms with Crippen molar-refractivity contribution in [1.29, 1.82) is 0 Å². The first-order valence-electron chi connectivity index (χ1n) is 5.96. The van der Waals surface area contributed by atoms with E-state index in [4.69, 9.17) is 9.84 Å². The Balaban J connectivity index is 1.66. The summed E-state index contributed by atoms with van der Waals surface area (Å²) < 4.78 is 6.49. The van der Waals surface area contributed by atoms with Gasteiger partial charge in [-0.25, -0.2) is 0 Å². The lowest BCUT2D eigenvalue weighted by Crippen LogP contribution is -2.51. The SMILES string of the molecule is O=C(CCOc1ccc(Br)cc1)N1CC(CO)C1. The molecule has 0 aliphatic carbocycles. The molecule has 18 heavy (non-hydrogen) atoms. The van der Waals surface area contributed by atoms with E-state index in [1.54, 1.807) is 4.90 Å². The predicted octanol–water partition coefficient (Wildman–Crippen LogP) is 1.67. The fraction of sp³-hybridized carbons (Fsp3) is 0.462. The number of benzene rings is 1. The average Bonchev–Trinajstić information content (AvgIpc) is 2.30. The van der Waals surface area contributed by atoms with E-state index in [2.05, 4.69) is 15.9 Å². The first-order valence-corrected chi connectivity index (χ1v) is 6.75. The van der Waals surface area contributed by atoms with Crippen molar-refractivity contribution in [2.45, 2.75) is 6.42 Å². The number of amides is 1. The molecule has 0 bridgehead atoms. The van der Waals surface area contributed by atoms with Gasteiger partial charge in [-0.05, 0) is 24.3 Å². The molecule has 1 heterocycles. The summed E-state index contributed by atoms with van der Waals surface area (Å²) in [5.74, 6) is 1.13. The van der Waals surface area contributed by atoms with Crippen molar-refractivity contribution >= 4 is 21.8 Å². The molecular weight excluding hydrogens is 298 g/mol. The fourth-order valence-corrected chi connectivity index (χ4v) is 2.10. The van der Waals surface area contributed by atoms with Crippen LogP contribution in [0.2, 0.25) is 0 Å². The van der Waals surface area contributed by atoms with Gasteiger partial charge in [-0.15, -0.1) is 0 Å². The van der Waals surface area contributed by atoms with Crippen LogP contribution in [-0.2, 0) is 4.79 Å². The number of likely N-dealkylation sites (tertiary alicyclic amines) is 1. The molecule has 1 aliphatic rings. The highest BCUT2D eigenvalue weighted by Crippen LogP contribution is 2.18. The van der Waals surface area contributed by atoms with Crippen molar-refractivity contribution in [3.63, 3.8) is 0 Å². The third-order valence-corrected chi connectivity index (χ3v) is 3.50. The summed E-state index contributed by atoms with van der Waals surface area (Å²) >= 11 is 3.35. The first kappa shape index (κ1) is 13.4. The maximum absolute atomic E-state index is 11.7. The molecule has 1 amide bonds. The van der Waals surface area contributed by atoms with Crippen molar-refractivity contribution in [3.8, 4) is 5.75 Å². The molecule has 1 fully saturated rings. The van der Waals surface area contributed by atoms with Gasteiger partial charge >= 0.3 is 0 Å². The van der Waals surface area contributed by atoms with Gasteiger partial charge in [-0.1, -0.05) is 15.9 Å². The van der Waals surface area contributed by atoms with Crippen molar-refractivity contribution in [1.82, 2.24) is 4.90 Å². The number of carbonyl (C=O) groups excluding carboxylic acids is 1. The molecule has 1 aliphatic heterocycles. The number of hydrogen-bond donors (Lipinski definition) is 1. The van der Waals surface area contributed by atoms with Crippen LogP contribution < -0.4 is 4.74 Å².